The Kier molecular flexibility index (Phi) is 4.29. The third kappa shape index (κ3) is 2.99. The summed E-state index contributed by atoms with van der Waals surface area (Å²) in [5.74, 6) is 1.26. The number of nitrogen functional groups attached to an aromatic ring is 1. The molecule has 0 unspecified atom stereocenters. The summed E-state index contributed by atoms with van der Waals surface area (Å²) in [6.07, 6.45) is 0. The van der Waals surface area contributed by atoms with Crippen LogP contribution in [0.4, 0.5) is 5.69 Å². The molecule has 19 heavy (non-hydrogen) atoms. The first kappa shape index (κ1) is 14.5. The molecule has 100 valence electrons. The van der Waals surface area contributed by atoms with Gasteiger partial charge in [-0.2, -0.15) is 0 Å². The van der Waals surface area contributed by atoms with Crippen molar-refractivity contribution in [1.29, 1.82) is 0 Å². The van der Waals surface area contributed by atoms with Gasteiger partial charge in [-0.05, 0) is 65.2 Å². The highest BCUT2D eigenvalue weighted by Gasteiger charge is 2.13. The van der Waals surface area contributed by atoms with Crippen molar-refractivity contribution in [3.05, 3.63) is 49.9 Å². The monoisotopic (exact) mass is 359 g/mol. The summed E-state index contributed by atoms with van der Waals surface area (Å²) in [6.45, 7) is 3.86. The van der Waals surface area contributed by atoms with Gasteiger partial charge in [0.2, 0.25) is 0 Å². The van der Waals surface area contributed by atoms with Crippen LogP contribution >= 0.6 is 39.1 Å². The molecule has 0 saturated heterocycles. The number of hydrogen-bond donors (Lipinski definition) is 1. The number of hydrogen-bond acceptors (Lipinski definition) is 2. The van der Waals surface area contributed by atoms with E-state index in [1.54, 1.807) is 18.2 Å². The van der Waals surface area contributed by atoms with Crippen molar-refractivity contribution in [2.75, 3.05) is 5.73 Å². The molecular weight excluding hydrogens is 349 g/mol. The maximum Gasteiger partial charge on any atom is 0.146 e. The van der Waals surface area contributed by atoms with Gasteiger partial charge in [0, 0.05) is 10.7 Å². The van der Waals surface area contributed by atoms with E-state index in [2.05, 4.69) is 15.9 Å². The van der Waals surface area contributed by atoms with Gasteiger partial charge in [0.05, 0.1) is 9.50 Å². The van der Waals surface area contributed by atoms with Crippen molar-refractivity contribution in [3.8, 4) is 11.5 Å². The van der Waals surface area contributed by atoms with Crippen molar-refractivity contribution in [2.24, 2.45) is 0 Å². The molecule has 0 atom stereocenters. The predicted molar refractivity (Wildman–Crippen MR) is 84.6 cm³/mol. The van der Waals surface area contributed by atoms with Crippen LogP contribution in [0, 0.1) is 13.8 Å². The molecule has 2 nitrogen and oxygen atoms in total. The van der Waals surface area contributed by atoms with Gasteiger partial charge in [-0.1, -0.05) is 23.2 Å². The van der Waals surface area contributed by atoms with Crippen LogP contribution in [0.1, 0.15) is 11.1 Å². The Morgan fingerprint density at radius 1 is 1.16 bits per heavy atom. The van der Waals surface area contributed by atoms with E-state index in [9.17, 15) is 0 Å². The van der Waals surface area contributed by atoms with E-state index in [1.807, 2.05) is 19.9 Å². The maximum atomic E-state index is 6.11. The molecule has 2 aromatic rings. The highest BCUT2D eigenvalue weighted by atomic mass is 79.9. The van der Waals surface area contributed by atoms with Crippen LogP contribution in [0.3, 0.4) is 0 Å². The zero-order valence-corrected chi connectivity index (χ0v) is 13.5. The van der Waals surface area contributed by atoms with Crippen molar-refractivity contribution < 1.29 is 4.74 Å². The molecule has 0 bridgehead atoms. The van der Waals surface area contributed by atoms with Crippen molar-refractivity contribution in [2.45, 2.75) is 13.8 Å². The summed E-state index contributed by atoms with van der Waals surface area (Å²) in [7, 11) is 0. The summed E-state index contributed by atoms with van der Waals surface area (Å²) >= 11 is 15.5. The summed E-state index contributed by atoms with van der Waals surface area (Å²) in [5, 5.41) is 1.04. The van der Waals surface area contributed by atoms with E-state index in [1.165, 1.54) is 0 Å². The summed E-state index contributed by atoms with van der Waals surface area (Å²) in [6, 6.07) is 6.99. The number of benzene rings is 2. The second-order valence-electron chi connectivity index (χ2n) is 4.23. The highest BCUT2D eigenvalue weighted by Crippen LogP contribution is 2.40. The van der Waals surface area contributed by atoms with Gasteiger partial charge in [0.15, 0.2) is 0 Å². The third-order valence-corrected chi connectivity index (χ3v) is 4.28. The van der Waals surface area contributed by atoms with Crippen molar-refractivity contribution >= 4 is 44.8 Å². The standard InChI is InChI=1S/C14H12BrCl2NO/c1-7-5-11(18)8(2)13(15)14(7)19-12-4-3-9(16)6-10(12)17/h3-6H,18H2,1-2H3. The molecule has 0 spiro atoms. The van der Waals surface area contributed by atoms with Crippen molar-refractivity contribution in [1.82, 2.24) is 0 Å². The first-order valence-corrected chi connectivity index (χ1v) is 7.13. The van der Waals surface area contributed by atoms with Gasteiger partial charge < -0.3 is 10.5 Å². The zero-order valence-electron chi connectivity index (χ0n) is 10.4. The second kappa shape index (κ2) is 5.61. The van der Waals surface area contributed by atoms with E-state index < -0.39 is 0 Å². The topological polar surface area (TPSA) is 35.2 Å². The molecule has 0 saturated carbocycles. The molecule has 0 radical (unpaired) electrons. The first-order valence-electron chi connectivity index (χ1n) is 5.58. The summed E-state index contributed by atoms with van der Waals surface area (Å²) < 4.78 is 6.70. The highest BCUT2D eigenvalue weighted by molar-refractivity contribution is 9.10. The van der Waals surface area contributed by atoms with Crippen LogP contribution in [0.15, 0.2) is 28.7 Å². The average molecular weight is 361 g/mol. The lowest BCUT2D eigenvalue weighted by molar-refractivity contribution is 0.475. The molecule has 5 heteroatoms. The van der Waals surface area contributed by atoms with E-state index >= 15 is 0 Å². The third-order valence-electron chi connectivity index (χ3n) is 2.80. The molecule has 2 N–H and O–H groups in total. The smallest absolute Gasteiger partial charge is 0.146 e. The van der Waals surface area contributed by atoms with E-state index in [0.717, 1.165) is 21.3 Å². The lowest BCUT2D eigenvalue weighted by atomic mass is 10.1. The zero-order chi connectivity index (χ0) is 14.2. The molecule has 0 heterocycles. The number of rotatable bonds is 2. The minimum atomic E-state index is 0.466. The minimum Gasteiger partial charge on any atom is -0.454 e. The van der Waals surface area contributed by atoms with Gasteiger partial charge in [-0.3, -0.25) is 0 Å². The Labute approximate surface area is 130 Å². The van der Waals surface area contributed by atoms with Crippen LogP contribution in [0.2, 0.25) is 10.0 Å². The lowest BCUT2D eigenvalue weighted by Gasteiger charge is -2.15. The number of halogens is 3. The Balaban J connectivity index is 2.47. The fourth-order valence-corrected chi connectivity index (χ4v) is 2.74. The number of aryl methyl sites for hydroxylation is 1. The molecular formula is C14H12BrCl2NO. The van der Waals surface area contributed by atoms with E-state index in [0.29, 0.717) is 21.5 Å². The SMILES string of the molecule is Cc1cc(N)c(C)c(Br)c1Oc1ccc(Cl)cc1Cl. The number of anilines is 1. The fraction of sp³-hybridized carbons (Fsp3) is 0.143. The predicted octanol–water partition coefficient (Wildman–Crippen LogP) is 5.75. The Bertz CT molecular complexity index is 644. The summed E-state index contributed by atoms with van der Waals surface area (Å²) in [4.78, 5) is 0. The molecule has 2 rings (SSSR count). The van der Waals surface area contributed by atoms with Crippen LogP contribution in [0.5, 0.6) is 11.5 Å². The number of ether oxygens (including phenoxy) is 1. The average Bonchev–Trinajstić information content (AvgIpc) is 2.34. The quantitative estimate of drug-likeness (QED) is 0.692. The minimum absolute atomic E-state index is 0.466. The Morgan fingerprint density at radius 3 is 2.47 bits per heavy atom. The maximum absolute atomic E-state index is 6.11. The lowest BCUT2D eigenvalue weighted by Crippen LogP contribution is -1.96. The van der Waals surface area contributed by atoms with Gasteiger partial charge in [-0.25, -0.2) is 0 Å². The molecule has 0 aliphatic heterocycles. The number of nitrogens with two attached hydrogens (primary N) is 1. The first-order chi connectivity index (χ1) is 8.90. The molecule has 0 amide bonds. The molecule has 0 aromatic heterocycles. The normalized spacial score (nSPS) is 10.6. The second-order valence-corrected chi connectivity index (χ2v) is 5.86. The van der Waals surface area contributed by atoms with Gasteiger partial charge in [0.1, 0.15) is 11.5 Å². The Hall–Kier alpha value is -0.900. The summed E-state index contributed by atoms with van der Waals surface area (Å²) in [5.41, 5.74) is 8.49. The molecule has 0 fully saturated rings. The Morgan fingerprint density at radius 2 is 1.84 bits per heavy atom. The fourth-order valence-electron chi connectivity index (χ4n) is 1.67. The van der Waals surface area contributed by atoms with Crippen LogP contribution in [-0.2, 0) is 0 Å². The molecule has 0 aliphatic rings. The van der Waals surface area contributed by atoms with Gasteiger partial charge >= 0.3 is 0 Å². The van der Waals surface area contributed by atoms with Crippen LogP contribution < -0.4 is 10.5 Å². The van der Waals surface area contributed by atoms with Gasteiger partial charge in [0.25, 0.3) is 0 Å². The van der Waals surface area contributed by atoms with Crippen molar-refractivity contribution in [3.63, 3.8) is 0 Å². The molecule has 0 aliphatic carbocycles. The van der Waals surface area contributed by atoms with Crippen LogP contribution in [0.25, 0.3) is 0 Å². The van der Waals surface area contributed by atoms with Gasteiger partial charge in [-0.15, -0.1) is 0 Å². The van der Waals surface area contributed by atoms with E-state index in [-0.39, 0.29) is 0 Å². The largest absolute Gasteiger partial charge is 0.454 e. The molecule has 2 aromatic carbocycles. The van der Waals surface area contributed by atoms with Crippen LogP contribution in [-0.4, -0.2) is 0 Å². The van der Waals surface area contributed by atoms with E-state index in [4.69, 9.17) is 33.7 Å².